The summed E-state index contributed by atoms with van der Waals surface area (Å²) in [6, 6.07) is 0. The molecule has 0 radical (unpaired) electrons. The smallest absolute Gasteiger partial charge is 0.772 e. The Morgan fingerprint density at radius 3 is 2.67 bits per heavy atom. The first kappa shape index (κ1) is 18.8. The minimum atomic E-state index is -3.36. The van der Waals surface area contributed by atoms with Crippen molar-refractivity contribution >= 4 is 20.9 Å². The van der Waals surface area contributed by atoms with Crippen molar-refractivity contribution in [3.63, 3.8) is 0 Å². The van der Waals surface area contributed by atoms with Gasteiger partial charge in [-0.2, -0.15) is 0 Å². The zero-order valence-electron chi connectivity index (χ0n) is 10.7. The van der Waals surface area contributed by atoms with E-state index in [-0.39, 0.29) is 36.0 Å². The van der Waals surface area contributed by atoms with Crippen LogP contribution < -0.4 is 29.6 Å². The molecule has 18 heavy (non-hydrogen) atoms. The standard InChI is InChI=1S/C10H18O5S2.Na/c1-3-5-9(17(2,13)14)10-8(16(11)12)6-4-7-15-10;/h3,8-10H,1,4-7H2,2H3,(H,11,12);/q;+1/p-1/t8-,9+,10+;/m0./s1. The van der Waals surface area contributed by atoms with Crippen molar-refractivity contribution in [2.75, 3.05) is 12.9 Å². The van der Waals surface area contributed by atoms with Crippen LogP contribution in [0.2, 0.25) is 0 Å². The summed E-state index contributed by atoms with van der Waals surface area (Å²) in [5, 5.41) is -1.58. The number of allylic oxidation sites excluding steroid dienone is 1. The fourth-order valence-electron chi connectivity index (χ4n) is 2.04. The van der Waals surface area contributed by atoms with Crippen LogP contribution in [0.5, 0.6) is 0 Å². The number of sulfone groups is 1. The van der Waals surface area contributed by atoms with Gasteiger partial charge in [-0.1, -0.05) is 6.08 Å². The minimum absolute atomic E-state index is 0. The van der Waals surface area contributed by atoms with Crippen LogP contribution in [0.1, 0.15) is 19.3 Å². The van der Waals surface area contributed by atoms with Crippen molar-refractivity contribution in [3.8, 4) is 0 Å². The fourth-order valence-corrected chi connectivity index (χ4v) is 4.23. The largest absolute Gasteiger partial charge is 1.00 e. The quantitative estimate of drug-likeness (QED) is 0.316. The number of hydrogen-bond donors (Lipinski definition) is 0. The molecule has 0 N–H and O–H groups in total. The average molecular weight is 304 g/mol. The molecule has 0 aromatic carbocycles. The van der Waals surface area contributed by atoms with Gasteiger partial charge in [-0.05, 0) is 30.3 Å². The minimum Gasteiger partial charge on any atom is -0.772 e. The Bertz CT molecular complexity index is 395. The van der Waals surface area contributed by atoms with Gasteiger partial charge in [0.25, 0.3) is 0 Å². The third kappa shape index (κ3) is 5.03. The molecular formula is C10H17NaO5S2. The summed E-state index contributed by atoms with van der Waals surface area (Å²) in [5.41, 5.74) is 0. The molecule has 0 spiro atoms. The van der Waals surface area contributed by atoms with Crippen molar-refractivity contribution < 1.29 is 51.5 Å². The number of hydrogen-bond acceptors (Lipinski definition) is 5. The van der Waals surface area contributed by atoms with E-state index in [1.165, 1.54) is 6.08 Å². The van der Waals surface area contributed by atoms with E-state index in [1.807, 2.05) is 0 Å². The summed E-state index contributed by atoms with van der Waals surface area (Å²) < 4.78 is 50.9. The average Bonchev–Trinajstić information content (AvgIpc) is 2.24. The fraction of sp³-hybridized carbons (Fsp3) is 0.800. The van der Waals surface area contributed by atoms with Crippen LogP contribution in [0, 0.1) is 0 Å². The van der Waals surface area contributed by atoms with Crippen molar-refractivity contribution in [1.82, 2.24) is 0 Å². The molecule has 1 fully saturated rings. The third-order valence-corrected chi connectivity index (χ3v) is 5.43. The van der Waals surface area contributed by atoms with E-state index in [4.69, 9.17) is 4.74 Å². The summed E-state index contributed by atoms with van der Waals surface area (Å²) in [6.07, 6.45) is 3.09. The van der Waals surface area contributed by atoms with Gasteiger partial charge in [0.1, 0.15) is 0 Å². The molecule has 4 atom stereocenters. The van der Waals surface area contributed by atoms with E-state index in [1.54, 1.807) is 0 Å². The molecule has 1 heterocycles. The summed E-state index contributed by atoms with van der Waals surface area (Å²) >= 11 is -2.31. The van der Waals surface area contributed by atoms with Crippen molar-refractivity contribution in [3.05, 3.63) is 12.7 Å². The van der Waals surface area contributed by atoms with Crippen LogP contribution in [0.25, 0.3) is 0 Å². The zero-order valence-corrected chi connectivity index (χ0v) is 14.3. The van der Waals surface area contributed by atoms with Gasteiger partial charge in [0, 0.05) is 18.1 Å². The Morgan fingerprint density at radius 2 is 2.22 bits per heavy atom. The van der Waals surface area contributed by atoms with E-state index in [9.17, 15) is 17.2 Å². The number of rotatable bonds is 5. The molecule has 0 aromatic rings. The topological polar surface area (TPSA) is 83.5 Å². The summed E-state index contributed by atoms with van der Waals surface area (Å²) in [4.78, 5) is 0. The molecular weight excluding hydrogens is 287 g/mol. The first-order valence-corrected chi connectivity index (χ1v) is 8.46. The Morgan fingerprint density at radius 1 is 1.61 bits per heavy atom. The van der Waals surface area contributed by atoms with Crippen LogP contribution in [0.4, 0.5) is 0 Å². The van der Waals surface area contributed by atoms with E-state index in [0.29, 0.717) is 19.4 Å². The predicted molar refractivity (Wildman–Crippen MR) is 65.1 cm³/mol. The predicted octanol–water partition coefficient (Wildman–Crippen LogP) is -2.59. The SMILES string of the molecule is C=CC[C@H]([C@@H]1OCCC[C@@H]1S(=O)[O-])S(C)(=O)=O.[Na+]. The summed E-state index contributed by atoms with van der Waals surface area (Å²) in [5.74, 6) is 0. The van der Waals surface area contributed by atoms with Crippen molar-refractivity contribution in [2.24, 2.45) is 0 Å². The first-order chi connectivity index (χ1) is 7.88. The molecule has 100 valence electrons. The third-order valence-electron chi connectivity index (χ3n) is 2.87. The molecule has 0 aliphatic carbocycles. The van der Waals surface area contributed by atoms with E-state index >= 15 is 0 Å². The molecule has 1 unspecified atom stereocenters. The van der Waals surface area contributed by atoms with Gasteiger partial charge in [-0.25, -0.2) is 8.42 Å². The maximum Gasteiger partial charge on any atom is 1.00 e. The normalized spacial score (nSPS) is 27.9. The Hall–Kier alpha value is 0.760. The van der Waals surface area contributed by atoms with Crippen LogP contribution >= 0.6 is 0 Å². The van der Waals surface area contributed by atoms with Gasteiger partial charge in [0.15, 0.2) is 9.84 Å². The molecule has 1 aliphatic heterocycles. The van der Waals surface area contributed by atoms with Gasteiger partial charge in [-0.15, -0.1) is 6.58 Å². The zero-order chi connectivity index (χ0) is 13.1. The molecule has 0 bridgehead atoms. The second kappa shape index (κ2) is 8.14. The van der Waals surface area contributed by atoms with Gasteiger partial charge < -0.3 is 9.29 Å². The molecule has 5 nitrogen and oxygen atoms in total. The van der Waals surface area contributed by atoms with E-state index in [0.717, 1.165) is 6.26 Å². The Balaban J connectivity index is 0.00000289. The van der Waals surface area contributed by atoms with Crippen LogP contribution in [-0.4, -0.2) is 46.6 Å². The molecule has 0 amide bonds. The first-order valence-electron chi connectivity index (χ1n) is 5.37. The van der Waals surface area contributed by atoms with Gasteiger partial charge in [0.2, 0.25) is 0 Å². The van der Waals surface area contributed by atoms with Crippen LogP contribution in [-0.2, 0) is 25.7 Å². The molecule has 8 heteroatoms. The summed E-state index contributed by atoms with van der Waals surface area (Å²) in [6.45, 7) is 3.91. The second-order valence-electron chi connectivity index (χ2n) is 4.17. The molecule has 1 aliphatic rings. The molecule has 0 aromatic heterocycles. The Labute approximate surface area is 133 Å². The maximum atomic E-state index is 11.7. The summed E-state index contributed by atoms with van der Waals surface area (Å²) in [7, 11) is -3.36. The van der Waals surface area contributed by atoms with Crippen molar-refractivity contribution in [2.45, 2.75) is 35.9 Å². The Kier molecular flexibility index (Phi) is 8.48. The number of ether oxygens (including phenoxy) is 1. The van der Waals surface area contributed by atoms with Crippen molar-refractivity contribution in [1.29, 1.82) is 0 Å². The van der Waals surface area contributed by atoms with E-state index in [2.05, 4.69) is 6.58 Å². The van der Waals surface area contributed by atoms with Crippen LogP contribution in [0.3, 0.4) is 0 Å². The maximum absolute atomic E-state index is 11.7. The van der Waals surface area contributed by atoms with E-state index < -0.39 is 37.5 Å². The van der Waals surface area contributed by atoms with Crippen LogP contribution in [0.15, 0.2) is 12.7 Å². The van der Waals surface area contributed by atoms with Gasteiger partial charge in [0.05, 0.1) is 11.4 Å². The second-order valence-corrected chi connectivity index (χ2v) is 7.56. The molecule has 1 saturated heterocycles. The van der Waals surface area contributed by atoms with Gasteiger partial charge >= 0.3 is 29.6 Å². The molecule has 0 saturated carbocycles. The molecule has 1 rings (SSSR count). The van der Waals surface area contributed by atoms with Gasteiger partial charge in [-0.3, -0.25) is 4.21 Å². The monoisotopic (exact) mass is 304 g/mol.